The van der Waals surface area contributed by atoms with E-state index in [1.165, 1.54) is 39.3 Å². The van der Waals surface area contributed by atoms with Gasteiger partial charge in [0.25, 0.3) is 6.47 Å². The number of aromatic nitrogens is 1. The molecule has 2 N–H and O–H groups in total. The average Bonchev–Trinajstić information content (AvgIpc) is 3.36. The molecule has 6 rings (SSSR count). The van der Waals surface area contributed by atoms with E-state index in [9.17, 15) is 9.59 Å². The second kappa shape index (κ2) is 9.75. The quantitative estimate of drug-likeness (QED) is 0.425. The van der Waals surface area contributed by atoms with E-state index in [0.29, 0.717) is 25.4 Å². The number of likely N-dealkylation sites (tertiary alicyclic amines) is 1. The van der Waals surface area contributed by atoms with Crippen molar-refractivity contribution in [2.45, 2.75) is 45.2 Å². The number of carboxylic acid groups (broad SMARTS) is 1. The summed E-state index contributed by atoms with van der Waals surface area (Å²) in [4.78, 5) is 42.2. The molecule has 0 spiro atoms. The molecule has 3 aliphatic heterocycles. The molecule has 0 aliphatic carbocycles. The molecule has 182 valence electrons. The molecule has 1 aromatic carbocycles. The van der Waals surface area contributed by atoms with Gasteiger partial charge in [0.15, 0.2) is 0 Å². The van der Waals surface area contributed by atoms with E-state index in [0.717, 1.165) is 41.1 Å². The van der Waals surface area contributed by atoms with Gasteiger partial charge < -0.3 is 15.3 Å². The predicted octanol–water partition coefficient (Wildman–Crippen LogP) is 3.35. The fraction of sp³-hybridized carbons (Fsp3) is 0.385. The SMILES string of the molecule is Cc1cc2c(c(-c3ccnc4cc(CN5C(=O)CCC5=O)sc34)c1)N(C1CNC1)CCC2.O=CO. The molecule has 0 saturated carbocycles. The summed E-state index contributed by atoms with van der Waals surface area (Å²) in [5.74, 6) is -0.142. The number of thiophene rings is 1. The van der Waals surface area contributed by atoms with Crippen LogP contribution in [-0.4, -0.2) is 59.0 Å². The molecule has 9 heteroatoms. The zero-order valence-electron chi connectivity index (χ0n) is 19.6. The Hall–Kier alpha value is -3.30. The monoisotopic (exact) mass is 492 g/mol. The molecule has 35 heavy (non-hydrogen) atoms. The first kappa shape index (κ1) is 23.4. The number of nitrogens with zero attached hydrogens (tertiary/aromatic N) is 3. The topological polar surface area (TPSA) is 103 Å². The largest absolute Gasteiger partial charge is 0.483 e. The van der Waals surface area contributed by atoms with Crippen molar-refractivity contribution >= 4 is 45.5 Å². The number of rotatable bonds is 4. The molecule has 2 amide bonds. The van der Waals surface area contributed by atoms with Gasteiger partial charge in [-0.25, -0.2) is 0 Å². The molecule has 3 aliphatic rings. The molecule has 2 saturated heterocycles. The molecule has 0 unspecified atom stereocenters. The molecule has 3 aromatic rings. The minimum atomic E-state index is -0.250. The van der Waals surface area contributed by atoms with Crippen LogP contribution >= 0.6 is 11.3 Å². The lowest BCUT2D eigenvalue weighted by molar-refractivity contribution is -0.139. The summed E-state index contributed by atoms with van der Waals surface area (Å²) in [6, 6.07) is 9.37. The number of imide groups is 1. The second-order valence-corrected chi connectivity index (χ2v) is 10.3. The summed E-state index contributed by atoms with van der Waals surface area (Å²) in [7, 11) is 0. The van der Waals surface area contributed by atoms with Crippen LogP contribution in [0.15, 0.2) is 30.5 Å². The number of nitrogens with one attached hydrogen (secondary N) is 1. The van der Waals surface area contributed by atoms with E-state index >= 15 is 0 Å². The smallest absolute Gasteiger partial charge is 0.290 e. The number of hydrogen-bond donors (Lipinski definition) is 2. The molecular weight excluding hydrogens is 464 g/mol. The Bertz CT molecular complexity index is 1280. The zero-order chi connectivity index (χ0) is 24.5. The van der Waals surface area contributed by atoms with E-state index in [4.69, 9.17) is 9.90 Å². The lowest BCUT2D eigenvalue weighted by atomic mass is 9.90. The Morgan fingerprint density at radius 2 is 1.89 bits per heavy atom. The van der Waals surface area contributed by atoms with Crippen LogP contribution in [0.4, 0.5) is 5.69 Å². The van der Waals surface area contributed by atoms with E-state index < -0.39 is 0 Å². The van der Waals surface area contributed by atoms with Crippen molar-refractivity contribution in [3.8, 4) is 11.1 Å². The number of anilines is 1. The van der Waals surface area contributed by atoms with Crippen LogP contribution in [0.1, 0.15) is 35.3 Å². The predicted molar refractivity (Wildman–Crippen MR) is 136 cm³/mol. The van der Waals surface area contributed by atoms with Gasteiger partial charge in [0.05, 0.1) is 22.8 Å². The van der Waals surface area contributed by atoms with Crippen LogP contribution in [0.25, 0.3) is 21.3 Å². The van der Waals surface area contributed by atoms with Crippen molar-refractivity contribution < 1.29 is 19.5 Å². The molecule has 5 heterocycles. The highest BCUT2D eigenvalue weighted by molar-refractivity contribution is 7.19. The number of carbonyl (C=O) groups excluding carboxylic acids is 2. The third-order valence-corrected chi connectivity index (χ3v) is 8.03. The van der Waals surface area contributed by atoms with E-state index in [1.807, 2.05) is 12.3 Å². The molecule has 2 fully saturated rings. The fourth-order valence-electron chi connectivity index (χ4n) is 5.23. The maximum Gasteiger partial charge on any atom is 0.290 e. The van der Waals surface area contributed by atoms with Gasteiger partial charge in [-0.3, -0.25) is 24.3 Å². The number of amides is 2. The molecule has 0 radical (unpaired) electrons. The van der Waals surface area contributed by atoms with Gasteiger partial charge in [-0.15, -0.1) is 11.3 Å². The molecule has 0 atom stereocenters. The summed E-state index contributed by atoms with van der Waals surface area (Å²) in [5.41, 5.74) is 7.51. The Kier molecular flexibility index (Phi) is 6.53. The number of benzene rings is 1. The van der Waals surface area contributed by atoms with Crippen LogP contribution < -0.4 is 10.2 Å². The van der Waals surface area contributed by atoms with Crippen molar-refractivity contribution in [3.63, 3.8) is 0 Å². The van der Waals surface area contributed by atoms with Crippen LogP contribution in [-0.2, 0) is 27.3 Å². The Balaban J connectivity index is 0.000000806. The Labute approximate surface area is 207 Å². The number of fused-ring (bicyclic) bond motifs is 2. The normalized spacial score (nSPS) is 17.7. The summed E-state index contributed by atoms with van der Waals surface area (Å²) >= 11 is 1.66. The van der Waals surface area contributed by atoms with Gasteiger partial charge in [-0.2, -0.15) is 0 Å². The number of pyridine rings is 1. The van der Waals surface area contributed by atoms with Crippen molar-refractivity contribution in [1.29, 1.82) is 0 Å². The molecular formula is C26H28N4O4S. The van der Waals surface area contributed by atoms with Crippen LogP contribution in [0, 0.1) is 6.92 Å². The van der Waals surface area contributed by atoms with Crippen LogP contribution in [0.5, 0.6) is 0 Å². The zero-order valence-corrected chi connectivity index (χ0v) is 20.4. The first-order valence-corrected chi connectivity index (χ1v) is 12.7. The van der Waals surface area contributed by atoms with Gasteiger partial charge in [0.1, 0.15) is 0 Å². The van der Waals surface area contributed by atoms with E-state index in [2.05, 4.69) is 40.3 Å². The van der Waals surface area contributed by atoms with Crippen molar-refractivity contribution in [2.24, 2.45) is 0 Å². The van der Waals surface area contributed by atoms with Gasteiger partial charge in [0.2, 0.25) is 11.8 Å². The van der Waals surface area contributed by atoms with Crippen molar-refractivity contribution in [1.82, 2.24) is 15.2 Å². The standard InChI is InChI=1S/C25H26N4O2S.CH2O2/c1-15-9-16-3-2-8-28(17-12-26-13-17)24(16)20(10-15)19-6-7-27-21-11-18(32-25(19)21)14-29-22(30)4-5-23(29)31;2-1-3/h6-7,9-11,17,26H,2-5,8,12-14H2,1H3;1H,(H,2,3). The van der Waals surface area contributed by atoms with Crippen LogP contribution in [0.2, 0.25) is 0 Å². The third kappa shape index (κ3) is 4.41. The summed E-state index contributed by atoms with van der Waals surface area (Å²) < 4.78 is 1.13. The summed E-state index contributed by atoms with van der Waals surface area (Å²) in [6.45, 7) is 5.46. The fourth-order valence-corrected chi connectivity index (χ4v) is 6.36. The molecule has 2 aromatic heterocycles. The minimum absolute atomic E-state index is 0.0712. The Morgan fingerprint density at radius 3 is 2.57 bits per heavy atom. The lowest BCUT2D eigenvalue weighted by Gasteiger charge is -2.44. The van der Waals surface area contributed by atoms with Crippen molar-refractivity contribution in [3.05, 3.63) is 46.5 Å². The Morgan fingerprint density at radius 1 is 1.14 bits per heavy atom. The highest BCUT2D eigenvalue weighted by Gasteiger charge is 2.32. The summed E-state index contributed by atoms with van der Waals surface area (Å²) in [6.07, 6.45) is 4.85. The number of carbonyl (C=O) groups is 3. The second-order valence-electron chi connectivity index (χ2n) is 9.19. The highest BCUT2D eigenvalue weighted by atomic mass is 32.1. The first-order chi connectivity index (χ1) is 17.0. The van der Waals surface area contributed by atoms with Gasteiger partial charge >= 0.3 is 0 Å². The third-order valence-electron chi connectivity index (χ3n) is 6.89. The van der Waals surface area contributed by atoms with Gasteiger partial charge in [-0.05, 0) is 43.5 Å². The summed E-state index contributed by atoms with van der Waals surface area (Å²) in [5, 5.41) is 10.3. The van der Waals surface area contributed by atoms with E-state index in [-0.39, 0.29) is 18.3 Å². The lowest BCUT2D eigenvalue weighted by Crippen LogP contribution is -2.58. The maximum atomic E-state index is 12.1. The maximum absolute atomic E-state index is 12.1. The molecule has 0 bridgehead atoms. The minimum Gasteiger partial charge on any atom is -0.483 e. The van der Waals surface area contributed by atoms with Gasteiger partial charge in [0, 0.05) is 60.4 Å². The van der Waals surface area contributed by atoms with Crippen LogP contribution in [0.3, 0.4) is 0 Å². The first-order valence-electron chi connectivity index (χ1n) is 11.9. The molecule has 8 nitrogen and oxygen atoms in total. The van der Waals surface area contributed by atoms with Gasteiger partial charge in [-0.1, -0.05) is 11.6 Å². The highest BCUT2D eigenvalue weighted by Crippen LogP contribution is 2.43. The van der Waals surface area contributed by atoms with E-state index in [1.54, 1.807) is 11.3 Å². The van der Waals surface area contributed by atoms with Crippen molar-refractivity contribution in [2.75, 3.05) is 24.5 Å². The number of hydrogen-bond acceptors (Lipinski definition) is 7. The number of aryl methyl sites for hydroxylation is 2. The average molecular weight is 493 g/mol.